The maximum atomic E-state index is 12.7. The van der Waals surface area contributed by atoms with Crippen LogP contribution in [0.1, 0.15) is 27.3 Å². The molecule has 0 amide bonds. The number of allylic oxidation sites excluding steroid dienone is 1. The fourth-order valence-electron chi connectivity index (χ4n) is 2.87. The molecule has 0 aliphatic rings. The van der Waals surface area contributed by atoms with Crippen LogP contribution in [0.3, 0.4) is 0 Å². The molecule has 2 aromatic carbocycles. The second-order valence-electron chi connectivity index (χ2n) is 5.73. The van der Waals surface area contributed by atoms with Gasteiger partial charge in [0.05, 0.1) is 29.7 Å². The van der Waals surface area contributed by atoms with Gasteiger partial charge in [-0.2, -0.15) is 5.10 Å². The molecule has 0 unspecified atom stereocenters. The minimum absolute atomic E-state index is 0.0666. The summed E-state index contributed by atoms with van der Waals surface area (Å²) in [5, 5.41) is 4.53. The molecule has 0 radical (unpaired) electrons. The number of carbonyl (C=O) groups is 1. The van der Waals surface area contributed by atoms with E-state index >= 15 is 0 Å². The van der Waals surface area contributed by atoms with E-state index in [-0.39, 0.29) is 5.78 Å². The van der Waals surface area contributed by atoms with Crippen LogP contribution in [0.2, 0.25) is 0 Å². The minimum atomic E-state index is -0.0666. The van der Waals surface area contributed by atoms with Crippen LogP contribution in [-0.4, -0.2) is 22.7 Å². The molecule has 0 atom stereocenters. The molecule has 25 heavy (non-hydrogen) atoms. The van der Waals surface area contributed by atoms with Crippen molar-refractivity contribution in [2.24, 2.45) is 0 Å². The number of aryl methyl sites for hydroxylation is 1. The highest BCUT2D eigenvalue weighted by molar-refractivity contribution is 6.08. The van der Waals surface area contributed by atoms with Gasteiger partial charge in [-0.1, -0.05) is 36.4 Å². The summed E-state index contributed by atoms with van der Waals surface area (Å²) in [6, 6.07) is 17.4. The number of ether oxygens (including phenoxy) is 1. The van der Waals surface area contributed by atoms with E-state index in [1.807, 2.05) is 68.4 Å². The number of hydrogen-bond donors (Lipinski definition) is 0. The monoisotopic (exact) mass is 332 g/mol. The van der Waals surface area contributed by atoms with Crippen LogP contribution in [0.25, 0.3) is 11.8 Å². The largest absolute Gasteiger partial charge is 0.496 e. The highest BCUT2D eigenvalue weighted by Crippen LogP contribution is 2.21. The van der Waals surface area contributed by atoms with Crippen LogP contribution in [-0.2, 0) is 0 Å². The fraction of sp³-hybridized carbons (Fsp3) is 0.143. The first-order chi connectivity index (χ1) is 12.1. The summed E-state index contributed by atoms with van der Waals surface area (Å²) >= 11 is 0. The Morgan fingerprint density at radius 1 is 1.04 bits per heavy atom. The first kappa shape index (κ1) is 16.7. The van der Waals surface area contributed by atoms with Gasteiger partial charge in [0.1, 0.15) is 5.75 Å². The highest BCUT2D eigenvalue weighted by atomic mass is 16.5. The number of methoxy groups -OCH3 is 1. The van der Waals surface area contributed by atoms with Gasteiger partial charge in [0.15, 0.2) is 5.78 Å². The SMILES string of the molecule is COc1ccccc1C=CC(=O)c1c(C)nn(-c2ccccc2)c1C. The van der Waals surface area contributed by atoms with Crippen molar-refractivity contribution in [2.45, 2.75) is 13.8 Å². The number of carbonyl (C=O) groups excluding carboxylic acids is 1. The molecule has 0 spiro atoms. The van der Waals surface area contributed by atoms with Gasteiger partial charge in [-0.05, 0) is 44.2 Å². The molecule has 0 bridgehead atoms. The molecule has 3 rings (SSSR count). The van der Waals surface area contributed by atoms with Crippen LogP contribution in [0.4, 0.5) is 0 Å². The summed E-state index contributed by atoms with van der Waals surface area (Å²) in [6.45, 7) is 3.77. The van der Waals surface area contributed by atoms with E-state index in [2.05, 4.69) is 5.10 Å². The predicted octanol–water partition coefficient (Wildman–Crippen LogP) is 4.39. The first-order valence-electron chi connectivity index (χ1n) is 8.09. The Balaban J connectivity index is 1.93. The lowest BCUT2D eigenvalue weighted by Crippen LogP contribution is -2.01. The Kier molecular flexibility index (Phi) is 4.80. The van der Waals surface area contributed by atoms with Crippen LogP contribution in [0, 0.1) is 13.8 Å². The second kappa shape index (κ2) is 7.18. The Hall–Kier alpha value is -3.14. The number of aromatic nitrogens is 2. The standard InChI is InChI=1S/C21H20N2O2/c1-15-21(16(2)23(22-15)18-10-5-4-6-11-18)19(24)14-13-17-9-7-8-12-20(17)25-3/h4-14H,1-3H3. The average Bonchev–Trinajstić information content (AvgIpc) is 2.95. The Morgan fingerprint density at radius 2 is 1.72 bits per heavy atom. The number of rotatable bonds is 5. The van der Waals surface area contributed by atoms with Crippen molar-refractivity contribution in [1.29, 1.82) is 0 Å². The molecule has 126 valence electrons. The normalized spacial score (nSPS) is 11.0. The summed E-state index contributed by atoms with van der Waals surface area (Å²) in [7, 11) is 1.62. The summed E-state index contributed by atoms with van der Waals surface area (Å²) in [6.07, 6.45) is 3.35. The van der Waals surface area contributed by atoms with Crippen LogP contribution < -0.4 is 4.74 Å². The molecular weight excluding hydrogens is 312 g/mol. The molecule has 3 aromatic rings. The van der Waals surface area contributed by atoms with Gasteiger partial charge >= 0.3 is 0 Å². The van der Waals surface area contributed by atoms with Crippen molar-refractivity contribution in [3.05, 3.63) is 83.2 Å². The molecule has 0 fully saturated rings. The van der Waals surface area contributed by atoms with Crippen molar-refractivity contribution in [3.63, 3.8) is 0 Å². The van der Waals surface area contributed by atoms with Crippen LogP contribution in [0.5, 0.6) is 5.75 Å². The molecule has 0 saturated heterocycles. The van der Waals surface area contributed by atoms with E-state index in [1.165, 1.54) is 0 Å². The number of ketones is 1. The topological polar surface area (TPSA) is 44.1 Å². The zero-order valence-corrected chi connectivity index (χ0v) is 14.6. The van der Waals surface area contributed by atoms with Crippen LogP contribution >= 0.6 is 0 Å². The maximum absolute atomic E-state index is 12.7. The predicted molar refractivity (Wildman–Crippen MR) is 99.4 cm³/mol. The molecule has 0 aliphatic heterocycles. The van der Waals surface area contributed by atoms with Crippen molar-refractivity contribution < 1.29 is 9.53 Å². The molecule has 0 N–H and O–H groups in total. The first-order valence-corrected chi connectivity index (χ1v) is 8.09. The van der Waals surface area contributed by atoms with E-state index in [1.54, 1.807) is 23.9 Å². The van der Waals surface area contributed by atoms with Crippen LogP contribution in [0.15, 0.2) is 60.7 Å². The number of benzene rings is 2. The van der Waals surface area contributed by atoms with Gasteiger partial charge in [-0.3, -0.25) is 4.79 Å². The third-order valence-electron chi connectivity index (χ3n) is 4.09. The smallest absolute Gasteiger partial charge is 0.189 e. The summed E-state index contributed by atoms with van der Waals surface area (Å²) in [4.78, 5) is 12.7. The Labute approximate surface area is 147 Å². The van der Waals surface area contributed by atoms with Gasteiger partial charge in [-0.15, -0.1) is 0 Å². The molecule has 0 aliphatic carbocycles. The van der Waals surface area contributed by atoms with Gasteiger partial charge in [0.25, 0.3) is 0 Å². The third kappa shape index (κ3) is 3.38. The molecule has 4 heteroatoms. The molecule has 1 heterocycles. The second-order valence-corrected chi connectivity index (χ2v) is 5.73. The van der Waals surface area contributed by atoms with Crippen molar-refractivity contribution in [3.8, 4) is 11.4 Å². The number of para-hydroxylation sites is 2. The molecule has 0 saturated carbocycles. The summed E-state index contributed by atoms with van der Waals surface area (Å²) in [5.41, 5.74) is 3.99. The lowest BCUT2D eigenvalue weighted by molar-refractivity contribution is 0.104. The lowest BCUT2D eigenvalue weighted by atomic mass is 10.1. The third-order valence-corrected chi connectivity index (χ3v) is 4.09. The highest BCUT2D eigenvalue weighted by Gasteiger charge is 2.17. The van der Waals surface area contributed by atoms with E-state index in [4.69, 9.17) is 4.74 Å². The van der Waals surface area contributed by atoms with Crippen molar-refractivity contribution in [1.82, 2.24) is 9.78 Å². The van der Waals surface area contributed by atoms with E-state index < -0.39 is 0 Å². The molecule has 1 aromatic heterocycles. The maximum Gasteiger partial charge on any atom is 0.189 e. The van der Waals surface area contributed by atoms with Gasteiger partial charge in [0.2, 0.25) is 0 Å². The summed E-state index contributed by atoms with van der Waals surface area (Å²) < 4.78 is 7.12. The van der Waals surface area contributed by atoms with Gasteiger partial charge < -0.3 is 4.74 Å². The lowest BCUT2D eigenvalue weighted by Gasteiger charge is -2.04. The van der Waals surface area contributed by atoms with E-state index in [9.17, 15) is 4.79 Å². The zero-order valence-electron chi connectivity index (χ0n) is 14.6. The summed E-state index contributed by atoms with van der Waals surface area (Å²) in [5.74, 6) is 0.670. The Bertz CT molecular complexity index is 924. The number of hydrogen-bond acceptors (Lipinski definition) is 3. The van der Waals surface area contributed by atoms with Gasteiger partial charge in [0, 0.05) is 5.56 Å². The van der Waals surface area contributed by atoms with Crippen molar-refractivity contribution in [2.75, 3.05) is 7.11 Å². The minimum Gasteiger partial charge on any atom is -0.496 e. The van der Waals surface area contributed by atoms with Crippen molar-refractivity contribution >= 4 is 11.9 Å². The molecule has 4 nitrogen and oxygen atoms in total. The van der Waals surface area contributed by atoms with E-state index in [0.29, 0.717) is 5.56 Å². The fourth-order valence-corrected chi connectivity index (χ4v) is 2.87. The number of nitrogens with zero attached hydrogens (tertiary/aromatic N) is 2. The van der Waals surface area contributed by atoms with Gasteiger partial charge in [-0.25, -0.2) is 4.68 Å². The quantitative estimate of drug-likeness (QED) is 0.514. The van der Waals surface area contributed by atoms with E-state index in [0.717, 1.165) is 28.4 Å². The zero-order chi connectivity index (χ0) is 17.8. The Morgan fingerprint density at radius 3 is 2.44 bits per heavy atom. The average molecular weight is 332 g/mol. The molecular formula is C21H20N2O2.